The summed E-state index contributed by atoms with van der Waals surface area (Å²) in [5.74, 6) is 0. The minimum atomic E-state index is 0.976. The van der Waals surface area contributed by atoms with E-state index in [1.807, 2.05) is 6.33 Å². The molecule has 0 aliphatic carbocycles. The van der Waals surface area contributed by atoms with Crippen molar-refractivity contribution in [1.29, 1.82) is 0 Å². The van der Waals surface area contributed by atoms with Gasteiger partial charge >= 0.3 is 0 Å². The molecule has 3 heteroatoms. The van der Waals surface area contributed by atoms with Crippen molar-refractivity contribution in [1.82, 2.24) is 14.5 Å². The molecule has 0 unspecified atom stereocenters. The van der Waals surface area contributed by atoms with Gasteiger partial charge in [0.15, 0.2) is 0 Å². The zero-order valence-electron chi connectivity index (χ0n) is 18.8. The van der Waals surface area contributed by atoms with E-state index in [2.05, 4.69) is 53.4 Å². The number of rotatable bonds is 16. The standard InChI is InChI=1S/C25H43N3/c1-4-6-8-10-12-14-18-27(19-15-13-11-9-7-5-2)22-28-21-26-24-17-16-23(3)20-25(24)28/h16-17,20-21H,4-15,18-19,22H2,1-3H3. The normalized spacial score (nSPS) is 11.7. The summed E-state index contributed by atoms with van der Waals surface area (Å²) in [6, 6.07) is 6.58. The van der Waals surface area contributed by atoms with Gasteiger partial charge < -0.3 is 4.57 Å². The first kappa shape index (κ1) is 22.9. The Labute approximate surface area is 173 Å². The number of fused-ring (bicyclic) bond motifs is 1. The van der Waals surface area contributed by atoms with Crippen LogP contribution in [0.1, 0.15) is 96.5 Å². The molecule has 0 amide bonds. The average molecular weight is 386 g/mol. The van der Waals surface area contributed by atoms with Crippen molar-refractivity contribution in [3.63, 3.8) is 0 Å². The molecule has 2 rings (SSSR count). The number of unbranched alkanes of at least 4 members (excludes halogenated alkanes) is 10. The summed E-state index contributed by atoms with van der Waals surface area (Å²) in [5.41, 5.74) is 3.70. The van der Waals surface area contributed by atoms with Crippen molar-refractivity contribution < 1.29 is 0 Å². The molecule has 0 aliphatic rings. The summed E-state index contributed by atoms with van der Waals surface area (Å²) < 4.78 is 2.34. The Balaban J connectivity index is 1.85. The molecule has 0 saturated heterocycles. The van der Waals surface area contributed by atoms with Gasteiger partial charge in [0, 0.05) is 0 Å². The second kappa shape index (κ2) is 13.8. The van der Waals surface area contributed by atoms with Gasteiger partial charge in [-0.2, -0.15) is 0 Å². The highest BCUT2D eigenvalue weighted by atomic mass is 15.3. The van der Waals surface area contributed by atoms with Gasteiger partial charge in [0.1, 0.15) is 0 Å². The molecule has 3 nitrogen and oxygen atoms in total. The molecule has 1 aromatic carbocycles. The lowest BCUT2D eigenvalue weighted by molar-refractivity contribution is 0.211. The maximum absolute atomic E-state index is 4.61. The van der Waals surface area contributed by atoms with Gasteiger partial charge in [0.05, 0.1) is 24.0 Å². The summed E-state index contributed by atoms with van der Waals surface area (Å²) in [6.45, 7) is 10.2. The van der Waals surface area contributed by atoms with Crippen molar-refractivity contribution in [3.05, 3.63) is 30.1 Å². The zero-order valence-corrected chi connectivity index (χ0v) is 18.8. The van der Waals surface area contributed by atoms with Crippen molar-refractivity contribution >= 4 is 11.0 Å². The van der Waals surface area contributed by atoms with Gasteiger partial charge in [0.25, 0.3) is 0 Å². The van der Waals surface area contributed by atoms with Crippen molar-refractivity contribution in [2.24, 2.45) is 0 Å². The third-order valence-electron chi connectivity index (χ3n) is 5.78. The van der Waals surface area contributed by atoms with E-state index in [9.17, 15) is 0 Å². The van der Waals surface area contributed by atoms with Crippen LogP contribution < -0.4 is 0 Å². The fourth-order valence-electron chi connectivity index (χ4n) is 3.98. The van der Waals surface area contributed by atoms with Crippen LogP contribution in [0.3, 0.4) is 0 Å². The SMILES string of the molecule is CCCCCCCCN(CCCCCCCC)Cn1cnc2ccc(C)cc21. The molecule has 2 aromatic rings. The first-order valence-corrected chi connectivity index (χ1v) is 11.9. The van der Waals surface area contributed by atoms with Crippen LogP contribution in [0.5, 0.6) is 0 Å². The number of nitrogens with zero attached hydrogens (tertiary/aromatic N) is 3. The third kappa shape index (κ3) is 8.34. The van der Waals surface area contributed by atoms with E-state index >= 15 is 0 Å². The Hall–Kier alpha value is -1.35. The van der Waals surface area contributed by atoms with E-state index < -0.39 is 0 Å². The van der Waals surface area contributed by atoms with Gasteiger partial charge in [-0.05, 0) is 50.6 Å². The molecule has 1 heterocycles. The Kier molecular flexibility index (Phi) is 11.3. The monoisotopic (exact) mass is 385 g/mol. The second-order valence-electron chi connectivity index (χ2n) is 8.50. The molecular formula is C25H43N3. The van der Waals surface area contributed by atoms with E-state index in [-0.39, 0.29) is 0 Å². The first-order chi connectivity index (χ1) is 13.7. The lowest BCUT2D eigenvalue weighted by Crippen LogP contribution is -2.28. The number of aryl methyl sites for hydroxylation is 1. The van der Waals surface area contributed by atoms with Gasteiger partial charge in [-0.25, -0.2) is 4.98 Å². The minimum Gasteiger partial charge on any atom is -0.317 e. The van der Waals surface area contributed by atoms with Crippen LogP contribution in [0.4, 0.5) is 0 Å². The van der Waals surface area contributed by atoms with Crippen molar-refractivity contribution in [2.75, 3.05) is 13.1 Å². The van der Waals surface area contributed by atoms with Crippen LogP contribution >= 0.6 is 0 Å². The molecule has 0 bridgehead atoms. The van der Waals surface area contributed by atoms with E-state index in [1.165, 1.54) is 101 Å². The van der Waals surface area contributed by atoms with Crippen LogP contribution in [0.15, 0.2) is 24.5 Å². The molecule has 0 atom stereocenters. The van der Waals surface area contributed by atoms with E-state index in [1.54, 1.807) is 0 Å². The van der Waals surface area contributed by atoms with Crippen LogP contribution in [0.2, 0.25) is 0 Å². The molecular weight excluding hydrogens is 342 g/mol. The number of imidazole rings is 1. The topological polar surface area (TPSA) is 21.1 Å². The van der Waals surface area contributed by atoms with Gasteiger partial charge in [-0.1, -0.05) is 84.1 Å². The molecule has 158 valence electrons. The van der Waals surface area contributed by atoms with E-state index in [0.29, 0.717) is 0 Å². The fourth-order valence-corrected chi connectivity index (χ4v) is 3.98. The van der Waals surface area contributed by atoms with Gasteiger partial charge in [-0.3, -0.25) is 4.90 Å². The highest BCUT2D eigenvalue weighted by Gasteiger charge is 2.09. The highest BCUT2D eigenvalue weighted by molar-refractivity contribution is 5.75. The summed E-state index contributed by atoms with van der Waals surface area (Å²) in [4.78, 5) is 7.27. The first-order valence-electron chi connectivity index (χ1n) is 11.9. The third-order valence-corrected chi connectivity index (χ3v) is 5.78. The number of aromatic nitrogens is 2. The number of hydrogen-bond donors (Lipinski definition) is 0. The zero-order chi connectivity index (χ0) is 20.0. The number of hydrogen-bond acceptors (Lipinski definition) is 2. The molecule has 1 aromatic heterocycles. The van der Waals surface area contributed by atoms with Crippen molar-refractivity contribution in [2.45, 2.75) is 104 Å². The molecule has 0 aliphatic heterocycles. The van der Waals surface area contributed by atoms with Gasteiger partial charge in [0.2, 0.25) is 0 Å². The molecule has 0 spiro atoms. The summed E-state index contributed by atoms with van der Waals surface area (Å²) in [5, 5.41) is 0. The maximum Gasteiger partial charge on any atom is 0.0969 e. The quantitative estimate of drug-likeness (QED) is 0.282. The lowest BCUT2D eigenvalue weighted by atomic mass is 10.1. The molecule has 28 heavy (non-hydrogen) atoms. The Bertz CT molecular complexity index is 630. The van der Waals surface area contributed by atoms with Crippen LogP contribution in [0, 0.1) is 6.92 Å². The van der Waals surface area contributed by atoms with Crippen LogP contribution in [-0.2, 0) is 6.67 Å². The molecule has 0 radical (unpaired) electrons. The Morgan fingerprint density at radius 2 is 1.36 bits per heavy atom. The molecule has 0 N–H and O–H groups in total. The number of benzene rings is 1. The summed E-state index contributed by atoms with van der Waals surface area (Å²) >= 11 is 0. The van der Waals surface area contributed by atoms with E-state index in [0.717, 1.165) is 12.2 Å². The largest absolute Gasteiger partial charge is 0.317 e. The Morgan fingerprint density at radius 3 is 1.96 bits per heavy atom. The Morgan fingerprint density at radius 1 is 0.786 bits per heavy atom. The highest BCUT2D eigenvalue weighted by Crippen LogP contribution is 2.16. The molecule has 0 fully saturated rings. The predicted molar refractivity (Wildman–Crippen MR) is 123 cm³/mol. The summed E-state index contributed by atoms with van der Waals surface area (Å²) in [7, 11) is 0. The smallest absolute Gasteiger partial charge is 0.0969 e. The van der Waals surface area contributed by atoms with E-state index in [4.69, 9.17) is 0 Å². The van der Waals surface area contributed by atoms with Gasteiger partial charge in [-0.15, -0.1) is 0 Å². The average Bonchev–Trinajstić information content (AvgIpc) is 3.08. The van der Waals surface area contributed by atoms with Crippen LogP contribution in [0.25, 0.3) is 11.0 Å². The van der Waals surface area contributed by atoms with Crippen molar-refractivity contribution in [3.8, 4) is 0 Å². The molecule has 0 saturated carbocycles. The minimum absolute atomic E-state index is 0.976. The summed E-state index contributed by atoms with van der Waals surface area (Å²) in [6.07, 6.45) is 18.5. The maximum atomic E-state index is 4.61. The fraction of sp³-hybridized carbons (Fsp3) is 0.720. The predicted octanol–water partition coefficient (Wildman–Crippen LogP) is 7.33. The lowest BCUT2D eigenvalue weighted by Gasteiger charge is -2.23. The van der Waals surface area contributed by atoms with Crippen LogP contribution in [-0.4, -0.2) is 27.5 Å². The second-order valence-corrected chi connectivity index (χ2v) is 8.50.